The van der Waals surface area contributed by atoms with Crippen LogP contribution < -0.4 is 5.32 Å². The minimum Gasteiger partial charge on any atom is -0.480 e. The lowest BCUT2D eigenvalue weighted by Crippen LogP contribution is -2.45. The zero-order valence-corrected chi connectivity index (χ0v) is 11.0. The first-order chi connectivity index (χ1) is 7.11. The van der Waals surface area contributed by atoms with Crippen molar-refractivity contribution in [2.24, 2.45) is 5.92 Å². The van der Waals surface area contributed by atoms with Gasteiger partial charge in [0.1, 0.15) is 15.9 Å². The summed E-state index contributed by atoms with van der Waals surface area (Å²) in [5.74, 6) is -0.734. The average molecular weight is 251 g/mol. The van der Waals surface area contributed by atoms with E-state index in [0.29, 0.717) is 6.42 Å². The average Bonchev–Trinajstić information content (AvgIpc) is 1.97. The van der Waals surface area contributed by atoms with Crippen LogP contribution in [0, 0.1) is 5.92 Å². The van der Waals surface area contributed by atoms with Crippen LogP contribution in [0.1, 0.15) is 27.2 Å². The van der Waals surface area contributed by atoms with Crippen molar-refractivity contribution < 1.29 is 18.3 Å². The summed E-state index contributed by atoms with van der Waals surface area (Å²) in [6, 6.07) is -1.04. The van der Waals surface area contributed by atoms with Crippen molar-refractivity contribution in [2.75, 3.05) is 12.0 Å². The van der Waals surface area contributed by atoms with Gasteiger partial charge in [-0.25, -0.2) is 8.42 Å². The smallest absolute Gasteiger partial charge is 0.320 e. The molecule has 0 spiro atoms. The second kappa shape index (κ2) is 6.20. The molecular weight excluding hydrogens is 230 g/mol. The lowest BCUT2D eigenvalue weighted by atomic mass is 10.0. The monoisotopic (exact) mass is 251 g/mol. The number of rotatable bonds is 7. The summed E-state index contributed by atoms with van der Waals surface area (Å²) < 4.78 is 22.1. The first-order valence-corrected chi connectivity index (χ1v) is 7.34. The molecule has 2 unspecified atom stereocenters. The molecule has 2 N–H and O–H groups in total. The van der Waals surface area contributed by atoms with E-state index in [9.17, 15) is 13.2 Å². The van der Waals surface area contributed by atoms with Gasteiger partial charge in [0.05, 0.1) is 5.75 Å². The molecule has 0 aromatic heterocycles. The summed E-state index contributed by atoms with van der Waals surface area (Å²) in [5, 5.41) is 11.8. The molecule has 0 saturated carbocycles. The van der Waals surface area contributed by atoms with E-state index in [1.165, 1.54) is 0 Å². The van der Waals surface area contributed by atoms with Crippen LogP contribution in [0.25, 0.3) is 0 Å². The molecule has 0 fully saturated rings. The lowest BCUT2D eigenvalue weighted by Gasteiger charge is -2.20. The highest BCUT2D eigenvalue weighted by molar-refractivity contribution is 7.90. The molecule has 0 radical (unpaired) electrons. The lowest BCUT2D eigenvalue weighted by molar-refractivity contribution is -0.140. The standard InChI is InChI=1S/C10H21NO4S/c1-7(2)5-9(10(12)13)11-8(3)6-16(4,14)15/h7-9,11H,5-6H2,1-4H3,(H,12,13). The van der Waals surface area contributed by atoms with Crippen molar-refractivity contribution in [3.8, 4) is 0 Å². The third kappa shape index (κ3) is 7.64. The van der Waals surface area contributed by atoms with Crippen LogP contribution in [0.3, 0.4) is 0 Å². The Morgan fingerprint density at radius 1 is 1.31 bits per heavy atom. The highest BCUT2D eigenvalue weighted by Crippen LogP contribution is 2.06. The van der Waals surface area contributed by atoms with Gasteiger partial charge in [-0.1, -0.05) is 13.8 Å². The minimum atomic E-state index is -3.08. The number of hydrogen-bond donors (Lipinski definition) is 2. The van der Waals surface area contributed by atoms with Gasteiger partial charge < -0.3 is 10.4 Å². The summed E-state index contributed by atoms with van der Waals surface area (Å²) in [7, 11) is -3.08. The summed E-state index contributed by atoms with van der Waals surface area (Å²) in [4.78, 5) is 10.9. The number of carbonyl (C=O) groups is 1. The van der Waals surface area contributed by atoms with Crippen LogP contribution in [0.2, 0.25) is 0 Å². The van der Waals surface area contributed by atoms with Gasteiger partial charge in [0.2, 0.25) is 0 Å². The Kier molecular flexibility index (Phi) is 5.96. The van der Waals surface area contributed by atoms with E-state index in [1.54, 1.807) is 6.92 Å². The van der Waals surface area contributed by atoms with Gasteiger partial charge in [-0.15, -0.1) is 0 Å². The molecule has 0 aliphatic rings. The molecule has 0 rings (SSSR count). The second-order valence-corrected chi connectivity index (χ2v) is 6.87. The Bertz CT molecular complexity index is 324. The highest BCUT2D eigenvalue weighted by atomic mass is 32.2. The first kappa shape index (κ1) is 15.4. The van der Waals surface area contributed by atoms with Gasteiger partial charge >= 0.3 is 5.97 Å². The zero-order valence-electron chi connectivity index (χ0n) is 10.2. The molecule has 96 valence electrons. The molecule has 0 heterocycles. The predicted molar refractivity (Wildman–Crippen MR) is 63.2 cm³/mol. The van der Waals surface area contributed by atoms with Crippen molar-refractivity contribution in [2.45, 2.75) is 39.3 Å². The third-order valence-electron chi connectivity index (χ3n) is 2.04. The normalized spacial score (nSPS) is 16.1. The Morgan fingerprint density at radius 3 is 2.12 bits per heavy atom. The molecule has 0 aromatic carbocycles. The number of carboxylic acids is 1. The van der Waals surface area contributed by atoms with Gasteiger partial charge in [0, 0.05) is 12.3 Å². The van der Waals surface area contributed by atoms with E-state index in [0.717, 1.165) is 6.26 Å². The van der Waals surface area contributed by atoms with Crippen molar-refractivity contribution in [3.63, 3.8) is 0 Å². The quantitative estimate of drug-likeness (QED) is 0.688. The molecule has 0 aliphatic carbocycles. The molecule has 0 bridgehead atoms. The molecule has 6 heteroatoms. The Morgan fingerprint density at radius 2 is 1.81 bits per heavy atom. The maximum absolute atomic E-state index is 11.0. The van der Waals surface area contributed by atoms with Gasteiger partial charge in [0.15, 0.2) is 0 Å². The Hall–Kier alpha value is -0.620. The highest BCUT2D eigenvalue weighted by Gasteiger charge is 2.22. The molecule has 0 amide bonds. The topological polar surface area (TPSA) is 83.5 Å². The van der Waals surface area contributed by atoms with Crippen molar-refractivity contribution in [1.82, 2.24) is 5.32 Å². The van der Waals surface area contributed by atoms with Crippen LogP contribution in [-0.4, -0.2) is 43.6 Å². The fourth-order valence-electron chi connectivity index (χ4n) is 1.56. The van der Waals surface area contributed by atoms with Crippen LogP contribution in [0.5, 0.6) is 0 Å². The van der Waals surface area contributed by atoms with Gasteiger partial charge in [-0.3, -0.25) is 4.79 Å². The van der Waals surface area contributed by atoms with Crippen molar-refractivity contribution in [3.05, 3.63) is 0 Å². The molecule has 2 atom stereocenters. The molecule has 0 aromatic rings. The Labute approximate surface area is 97.2 Å². The number of carboxylic acid groups (broad SMARTS) is 1. The largest absolute Gasteiger partial charge is 0.480 e. The summed E-state index contributed by atoms with van der Waals surface area (Å²) in [6.45, 7) is 5.54. The molecule has 16 heavy (non-hydrogen) atoms. The fourth-order valence-corrected chi connectivity index (χ4v) is 2.56. The zero-order chi connectivity index (χ0) is 12.9. The van der Waals surface area contributed by atoms with Gasteiger partial charge in [0.25, 0.3) is 0 Å². The van der Waals surface area contributed by atoms with E-state index in [-0.39, 0.29) is 17.7 Å². The summed E-state index contributed by atoms with van der Waals surface area (Å²) in [6.07, 6.45) is 1.63. The SMILES string of the molecule is CC(C)CC(NC(C)CS(C)(=O)=O)C(=O)O. The maximum atomic E-state index is 11.0. The number of sulfone groups is 1. The van der Waals surface area contributed by atoms with Gasteiger partial charge in [-0.2, -0.15) is 0 Å². The molecule has 0 saturated heterocycles. The number of nitrogens with one attached hydrogen (secondary N) is 1. The first-order valence-electron chi connectivity index (χ1n) is 5.28. The fraction of sp³-hybridized carbons (Fsp3) is 0.900. The van der Waals surface area contributed by atoms with Gasteiger partial charge in [-0.05, 0) is 19.3 Å². The van der Waals surface area contributed by atoms with Crippen LogP contribution in [-0.2, 0) is 14.6 Å². The van der Waals surface area contributed by atoms with Crippen LogP contribution >= 0.6 is 0 Å². The van der Waals surface area contributed by atoms with E-state index in [1.807, 2.05) is 13.8 Å². The van der Waals surface area contributed by atoms with E-state index in [2.05, 4.69) is 5.32 Å². The minimum absolute atomic E-state index is 0.0468. The van der Waals surface area contributed by atoms with E-state index < -0.39 is 21.8 Å². The third-order valence-corrected chi connectivity index (χ3v) is 3.15. The number of hydrogen-bond acceptors (Lipinski definition) is 4. The maximum Gasteiger partial charge on any atom is 0.320 e. The second-order valence-electron chi connectivity index (χ2n) is 4.68. The van der Waals surface area contributed by atoms with Crippen LogP contribution in [0.15, 0.2) is 0 Å². The van der Waals surface area contributed by atoms with Crippen LogP contribution in [0.4, 0.5) is 0 Å². The van der Waals surface area contributed by atoms with E-state index >= 15 is 0 Å². The predicted octanol–water partition coefficient (Wildman–Crippen LogP) is 0.508. The number of aliphatic carboxylic acids is 1. The van der Waals surface area contributed by atoms with Crippen molar-refractivity contribution in [1.29, 1.82) is 0 Å². The Balaban J connectivity index is 4.35. The summed E-state index contributed by atoms with van der Waals surface area (Å²) in [5.41, 5.74) is 0. The molecular formula is C10H21NO4S. The van der Waals surface area contributed by atoms with E-state index in [4.69, 9.17) is 5.11 Å². The van der Waals surface area contributed by atoms with Crippen molar-refractivity contribution >= 4 is 15.8 Å². The summed E-state index contributed by atoms with van der Waals surface area (Å²) >= 11 is 0. The molecule has 0 aliphatic heterocycles. The molecule has 5 nitrogen and oxygen atoms in total.